The summed E-state index contributed by atoms with van der Waals surface area (Å²) in [6, 6.07) is 7.85. The van der Waals surface area contributed by atoms with Gasteiger partial charge in [0.25, 0.3) is 11.8 Å². The molecule has 0 aliphatic carbocycles. The van der Waals surface area contributed by atoms with Gasteiger partial charge in [-0.2, -0.15) is 0 Å². The fraction of sp³-hybridized carbons (Fsp3) is 0.286. The van der Waals surface area contributed by atoms with Crippen molar-refractivity contribution >= 4 is 27.7 Å². The van der Waals surface area contributed by atoms with Gasteiger partial charge in [0.05, 0.1) is 26.1 Å². The first-order valence-electron chi connectivity index (χ1n) is 6.16. The molecule has 0 radical (unpaired) electrons. The highest BCUT2D eigenvalue weighted by atomic mass is 79.9. The Hall–Kier alpha value is -1.31. The van der Waals surface area contributed by atoms with Gasteiger partial charge in [0.2, 0.25) is 0 Å². The number of thioether (sulfide) groups is 1. The minimum atomic E-state index is -0.741. The lowest BCUT2D eigenvalue weighted by Crippen LogP contribution is -2.06. The van der Waals surface area contributed by atoms with Gasteiger partial charge in [-0.1, -0.05) is 12.1 Å². The summed E-state index contributed by atoms with van der Waals surface area (Å²) >= 11 is 5.01. The second kappa shape index (κ2) is 7.63. The number of aromatic nitrogens is 2. The molecule has 0 spiro atoms. The van der Waals surface area contributed by atoms with Gasteiger partial charge >= 0.3 is 0 Å². The standard InChI is InChI=1S/C14H15BrN2O3S/c1-19-13-14(20-2)17-10(7-16-13)11(18)8-21-12-6-4-3-5-9(12)15/h3-7,11,18H,8H2,1-2H3. The Morgan fingerprint density at radius 1 is 1.24 bits per heavy atom. The van der Waals surface area contributed by atoms with E-state index in [2.05, 4.69) is 25.9 Å². The Bertz CT molecular complexity index is 613. The number of ether oxygens (including phenoxy) is 2. The molecule has 0 amide bonds. The zero-order valence-electron chi connectivity index (χ0n) is 11.6. The number of halogens is 1. The summed E-state index contributed by atoms with van der Waals surface area (Å²) in [6.45, 7) is 0. The van der Waals surface area contributed by atoms with Crippen molar-refractivity contribution in [3.05, 3.63) is 40.6 Å². The Kier molecular flexibility index (Phi) is 5.84. The van der Waals surface area contributed by atoms with Gasteiger partial charge in [0, 0.05) is 15.1 Å². The van der Waals surface area contributed by atoms with E-state index >= 15 is 0 Å². The van der Waals surface area contributed by atoms with Gasteiger partial charge in [-0.3, -0.25) is 0 Å². The third-order valence-electron chi connectivity index (χ3n) is 2.69. The van der Waals surface area contributed by atoms with Crippen molar-refractivity contribution in [1.82, 2.24) is 9.97 Å². The van der Waals surface area contributed by atoms with Gasteiger partial charge in [-0.15, -0.1) is 11.8 Å². The molecular weight excluding hydrogens is 356 g/mol. The number of aliphatic hydroxyl groups excluding tert-OH is 1. The lowest BCUT2D eigenvalue weighted by atomic mass is 10.3. The molecule has 1 N–H and O–H groups in total. The highest BCUT2D eigenvalue weighted by molar-refractivity contribution is 9.10. The minimum absolute atomic E-state index is 0.264. The second-order valence-corrected chi connectivity index (χ2v) is 5.99. The topological polar surface area (TPSA) is 64.5 Å². The lowest BCUT2D eigenvalue weighted by Gasteiger charge is -2.12. The molecule has 0 fully saturated rings. The number of hydrogen-bond donors (Lipinski definition) is 1. The van der Waals surface area contributed by atoms with Crippen molar-refractivity contribution < 1.29 is 14.6 Å². The summed E-state index contributed by atoms with van der Waals surface area (Å²) in [4.78, 5) is 9.35. The van der Waals surface area contributed by atoms with E-state index in [9.17, 15) is 5.11 Å². The van der Waals surface area contributed by atoms with Gasteiger partial charge in [0.1, 0.15) is 6.10 Å². The van der Waals surface area contributed by atoms with E-state index in [1.165, 1.54) is 32.2 Å². The van der Waals surface area contributed by atoms with Gasteiger partial charge in [-0.05, 0) is 28.1 Å². The van der Waals surface area contributed by atoms with Crippen LogP contribution in [0.25, 0.3) is 0 Å². The van der Waals surface area contributed by atoms with Crippen LogP contribution in [0.5, 0.6) is 11.8 Å². The number of benzene rings is 1. The van der Waals surface area contributed by atoms with E-state index in [0.29, 0.717) is 17.3 Å². The third kappa shape index (κ3) is 4.09. The van der Waals surface area contributed by atoms with E-state index in [1.54, 1.807) is 0 Å². The highest BCUT2D eigenvalue weighted by Crippen LogP contribution is 2.31. The fourth-order valence-electron chi connectivity index (χ4n) is 1.62. The van der Waals surface area contributed by atoms with Crippen LogP contribution in [0.4, 0.5) is 0 Å². The van der Waals surface area contributed by atoms with Crippen LogP contribution in [0.3, 0.4) is 0 Å². The predicted molar refractivity (Wildman–Crippen MR) is 85.0 cm³/mol. The molecule has 1 heterocycles. The summed E-state index contributed by atoms with van der Waals surface area (Å²) in [5, 5.41) is 10.2. The number of rotatable bonds is 6. The molecule has 2 aromatic rings. The van der Waals surface area contributed by atoms with E-state index in [4.69, 9.17) is 9.47 Å². The predicted octanol–water partition coefficient (Wildman–Crippen LogP) is 3.08. The molecular formula is C14H15BrN2O3S. The van der Waals surface area contributed by atoms with Crippen LogP contribution in [-0.2, 0) is 0 Å². The Labute approximate surface area is 135 Å². The van der Waals surface area contributed by atoms with Crippen LogP contribution in [0.2, 0.25) is 0 Å². The molecule has 0 aliphatic heterocycles. The minimum Gasteiger partial charge on any atom is -0.477 e. The zero-order chi connectivity index (χ0) is 15.2. The molecule has 0 bridgehead atoms. The summed E-state index contributed by atoms with van der Waals surface area (Å²) in [6.07, 6.45) is 0.751. The molecule has 0 aliphatic rings. The third-order valence-corrected chi connectivity index (χ3v) is 4.79. The van der Waals surface area contributed by atoms with Crippen molar-refractivity contribution in [3.8, 4) is 11.8 Å². The van der Waals surface area contributed by atoms with Crippen LogP contribution in [0, 0.1) is 0 Å². The van der Waals surface area contributed by atoms with Crippen LogP contribution in [0.1, 0.15) is 11.8 Å². The average molecular weight is 371 g/mol. The molecule has 112 valence electrons. The molecule has 1 unspecified atom stereocenters. The maximum atomic E-state index is 10.2. The first-order valence-corrected chi connectivity index (χ1v) is 7.94. The Morgan fingerprint density at radius 3 is 2.62 bits per heavy atom. The number of aliphatic hydroxyl groups is 1. The monoisotopic (exact) mass is 370 g/mol. The largest absolute Gasteiger partial charge is 0.477 e. The van der Waals surface area contributed by atoms with E-state index < -0.39 is 6.10 Å². The van der Waals surface area contributed by atoms with Crippen molar-refractivity contribution in [2.45, 2.75) is 11.0 Å². The number of hydrogen-bond acceptors (Lipinski definition) is 6. The molecule has 0 saturated carbocycles. The number of nitrogens with zero attached hydrogens (tertiary/aromatic N) is 2. The molecule has 1 atom stereocenters. The maximum Gasteiger partial charge on any atom is 0.278 e. The summed E-state index contributed by atoms with van der Waals surface area (Å²) in [5.74, 6) is 1.03. The van der Waals surface area contributed by atoms with E-state index in [-0.39, 0.29) is 5.88 Å². The van der Waals surface area contributed by atoms with Crippen molar-refractivity contribution in [2.24, 2.45) is 0 Å². The molecule has 21 heavy (non-hydrogen) atoms. The first-order chi connectivity index (χ1) is 10.2. The van der Waals surface area contributed by atoms with Crippen LogP contribution in [0.15, 0.2) is 39.8 Å². The molecule has 5 nitrogen and oxygen atoms in total. The van der Waals surface area contributed by atoms with Gasteiger partial charge in [-0.25, -0.2) is 9.97 Å². The summed E-state index contributed by atoms with van der Waals surface area (Å²) < 4.78 is 11.1. The van der Waals surface area contributed by atoms with E-state index in [0.717, 1.165) is 9.37 Å². The van der Waals surface area contributed by atoms with E-state index in [1.807, 2.05) is 24.3 Å². The molecule has 1 aromatic heterocycles. The summed E-state index contributed by atoms with van der Waals surface area (Å²) in [5.41, 5.74) is 0.451. The Morgan fingerprint density at radius 2 is 1.95 bits per heavy atom. The van der Waals surface area contributed by atoms with Crippen LogP contribution in [-0.4, -0.2) is 35.0 Å². The zero-order valence-corrected chi connectivity index (χ0v) is 14.0. The maximum absolute atomic E-state index is 10.2. The van der Waals surface area contributed by atoms with Crippen LogP contribution < -0.4 is 9.47 Å². The fourth-order valence-corrected chi connectivity index (χ4v) is 3.14. The molecule has 2 rings (SSSR count). The second-order valence-electron chi connectivity index (χ2n) is 4.07. The molecule has 0 saturated heterocycles. The van der Waals surface area contributed by atoms with Gasteiger partial charge in [0.15, 0.2) is 0 Å². The average Bonchev–Trinajstić information content (AvgIpc) is 2.53. The lowest BCUT2D eigenvalue weighted by molar-refractivity contribution is 0.196. The number of methoxy groups -OCH3 is 2. The molecule has 7 heteroatoms. The van der Waals surface area contributed by atoms with Crippen molar-refractivity contribution in [2.75, 3.05) is 20.0 Å². The van der Waals surface area contributed by atoms with Crippen molar-refractivity contribution in [1.29, 1.82) is 0 Å². The van der Waals surface area contributed by atoms with Crippen molar-refractivity contribution in [3.63, 3.8) is 0 Å². The van der Waals surface area contributed by atoms with Crippen LogP contribution >= 0.6 is 27.7 Å². The highest BCUT2D eigenvalue weighted by Gasteiger charge is 2.15. The Balaban J connectivity index is 2.06. The smallest absolute Gasteiger partial charge is 0.278 e. The van der Waals surface area contributed by atoms with Gasteiger partial charge < -0.3 is 14.6 Å². The molecule has 1 aromatic carbocycles. The normalized spacial score (nSPS) is 12.0. The quantitative estimate of drug-likeness (QED) is 0.788. The summed E-state index contributed by atoms with van der Waals surface area (Å²) in [7, 11) is 2.98. The SMILES string of the molecule is COc1ncc(C(O)CSc2ccccc2Br)nc1OC. The first kappa shape index (κ1) is 16.1.